The van der Waals surface area contributed by atoms with Gasteiger partial charge in [0.05, 0.1) is 0 Å². The fraction of sp³-hybridized carbons (Fsp3) is 1.00. The third-order valence-electron chi connectivity index (χ3n) is 3.54. The first-order valence-corrected chi connectivity index (χ1v) is 4.90. The van der Waals surface area contributed by atoms with Crippen LogP contribution in [0.5, 0.6) is 0 Å². The molecular weight excluding hydrogens is 120 g/mol. The molecule has 1 unspecified atom stereocenters. The van der Waals surface area contributed by atoms with E-state index in [0.717, 1.165) is 11.8 Å². The zero-order chi connectivity index (χ0) is 6.97. The lowest BCUT2D eigenvalue weighted by Crippen LogP contribution is -2.35. The average Bonchev–Trinajstić information content (AvgIpc) is 1.87. The molecule has 0 aliphatic heterocycles. The van der Waals surface area contributed by atoms with Crippen molar-refractivity contribution < 1.29 is 0 Å². The Labute approximate surface area is 64.0 Å². The first kappa shape index (κ1) is 6.69. The fourth-order valence-electron chi connectivity index (χ4n) is 2.84. The van der Waals surface area contributed by atoms with Gasteiger partial charge < -0.3 is 0 Å². The molecule has 0 N–H and O–H groups in total. The fourth-order valence-corrected chi connectivity index (χ4v) is 2.84. The molecule has 0 saturated heterocycles. The van der Waals surface area contributed by atoms with E-state index in [1.54, 1.807) is 25.7 Å². The first-order valence-electron chi connectivity index (χ1n) is 4.90. The molecule has 10 heavy (non-hydrogen) atoms. The van der Waals surface area contributed by atoms with Crippen LogP contribution in [-0.4, -0.2) is 0 Å². The summed E-state index contributed by atoms with van der Waals surface area (Å²) in [5, 5.41) is 0. The molecule has 58 valence electrons. The second-order valence-corrected chi connectivity index (χ2v) is 4.22. The summed E-state index contributed by atoms with van der Waals surface area (Å²) in [5.41, 5.74) is 0. The summed E-state index contributed by atoms with van der Waals surface area (Å²) >= 11 is 0. The van der Waals surface area contributed by atoms with E-state index in [9.17, 15) is 0 Å². The van der Waals surface area contributed by atoms with E-state index in [4.69, 9.17) is 0 Å². The normalized spacial score (nSPS) is 44.7. The molecule has 1 atom stereocenters. The van der Waals surface area contributed by atoms with Crippen LogP contribution in [0.15, 0.2) is 0 Å². The summed E-state index contributed by atoms with van der Waals surface area (Å²) in [6.45, 7) is 2.32. The Bertz CT molecular complexity index is 106. The van der Waals surface area contributed by atoms with Crippen molar-refractivity contribution >= 4 is 0 Å². The van der Waals surface area contributed by atoms with E-state index < -0.39 is 0 Å². The van der Waals surface area contributed by atoms with Crippen molar-refractivity contribution in [1.29, 1.82) is 0 Å². The second kappa shape index (κ2) is 2.56. The average molecular weight is 138 g/mol. The molecule has 0 aromatic heterocycles. The number of hydrogen-bond donors (Lipinski definition) is 0. The van der Waals surface area contributed by atoms with Crippen molar-refractivity contribution in [2.75, 3.05) is 0 Å². The van der Waals surface area contributed by atoms with E-state index in [2.05, 4.69) is 6.92 Å². The van der Waals surface area contributed by atoms with Crippen LogP contribution < -0.4 is 0 Å². The van der Waals surface area contributed by atoms with Gasteiger partial charge in [-0.2, -0.15) is 0 Å². The molecule has 0 aromatic rings. The summed E-state index contributed by atoms with van der Waals surface area (Å²) in [5.74, 6) is 3.46. The van der Waals surface area contributed by atoms with Gasteiger partial charge in [-0.3, -0.25) is 0 Å². The highest BCUT2D eigenvalue weighted by molar-refractivity contribution is 4.89. The summed E-state index contributed by atoms with van der Waals surface area (Å²) in [7, 11) is 0. The standard InChI is InChI=1S/C10H18/c1-2-3-9-5-4-8-6-10(9)7-8/h8-10H,2-7H2,1H3. The Morgan fingerprint density at radius 2 is 2.00 bits per heavy atom. The molecule has 0 aromatic carbocycles. The highest BCUT2D eigenvalue weighted by Crippen LogP contribution is 2.50. The number of hydrogen-bond acceptors (Lipinski definition) is 0. The molecule has 3 aliphatic carbocycles. The molecule has 0 heterocycles. The van der Waals surface area contributed by atoms with Crippen molar-refractivity contribution in [2.45, 2.75) is 45.4 Å². The predicted octanol–water partition coefficient (Wildman–Crippen LogP) is 3.22. The SMILES string of the molecule is CCCC1CCC2CC1C2. The molecule has 0 spiro atoms. The summed E-state index contributed by atoms with van der Waals surface area (Å²) in [6.07, 6.45) is 9.21. The van der Waals surface area contributed by atoms with E-state index in [1.165, 1.54) is 18.8 Å². The van der Waals surface area contributed by atoms with Crippen molar-refractivity contribution in [1.82, 2.24) is 0 Å². The maximum absolute atomic E-state index is 2.32. The molecule has 0 radical (unpaired) electrons. The highest BCUT2D eigenvalue weighted by Gasteiger charge is 2.38. The van der Waals surface area contributed by atoms with Crippen molar-refractivity contribution in [3.63, 3.8) is 0 Å². The van der Waals surface area contributed by atoms with E-state index >= 15 is 0 Å². The Morgan fingerprint density at radius 3 is 2.50 bits per heavy atom. The van der Waals surface area contributed by atoms with Crippen molar-refractivity contribution in [3.8, 4) is 0 Å². The van der Waals surface area contributed by atoms with Gasteiger partial charge in [0.2, 0.25) is 0 Å². The molecule has 3 aliphatic rings. The Hall–Kier alpha value is 0. The van der Waals surface area contributed by atoms with E-state index in [1.807, 2.05) is 0 Å². The minimum atomic E-state index is 1.13. The molecule has 0 nitrogen and oxygen atoms in total. The Morgan fingerprint density at radius 1 is 1.20 bits per heavy atom. The summed E-state index contributed by atoms with van der Waals surface area (Å²) in [4.78, 5) is 0. The van der Waals surface area contributed by atoms with Crippen molar-refractivity contribution in [3.05, 3.63) is 0 Å². The van der Waals surface area contributed by atoms with Crippen LogP contribution in [0.2, 0.25) is 0 Å². The van der Waals surface area contributed by atoms with Gasteiger partial charge in [-0.1, -0.05) is 26.2 Å². The van der Waals surface area contributed by atoms with Gasteiger partial charge in [0, 0.05) is 0 Å². The van der Waals surface area contributed by atoms with E-state index in [-0.39, 0.29) is 0 Å². The van der Waals surface area contributed by atoms with E-state index in [0.29, 0.717) is 0 Å². The quantitative estimate of drug-likeness (QED) is 0.549. The topological polar surface area (TPSA) is 0 Å². The Kier molecular flexibility index (Phi) is 1.71. The maximum atomic E-state index is 2.32. The third kappa shape index (κ3) is 0.980. The van der Waals surface area contributed by atoms with Gasteiger partial charge in [0.15, 0.2) is 0 Å². The number of fused-ring (bicyclic) bond motifs is 2. The zero-order valence-electron chi connectivity index (χ0n) is 6.97. The summed E-state index contributed by atoms with van der Waals surface area (Å²) in [6, 6.07) is 0. The smallest absolute Gasteiger partial charge is 0.0381 e. The molecular formula is C10H18. The highest BCUT2D eigenvalue weighted by atomic mass is 14.4. The van der Waals surface area contributed by atoms with Gasteiger partial charge in [-0.05, 0) is 37.0 Å². The van der Waals surface area contributed by atoms with Crippen LogP contribution in [0.25, 0.3) is 0 Å². The molecule has 3 fully saturated rings. The lowest BCUT2D eigenvalue weighted by Gasteiger charge is -2.46. The monoisotopic (exact) mass is 138 g/mol. The van der Waals surface area contributed by atoms with Crippen LogP contribution in [-0.2, 0) is 0 Å². The molecule has 3 rings (SSSR count). The van der Waals surface area contributed by atoms with Crippen LogP contribution in [0.4, 0.5) is 0 Å². The van der Waals surface area contributed by atoms with Crippen LogP contribution in [0.1, 0.15) is 45.4 Å². The minimum Gasteiger partial charge on any atom is -0.0654 e. The zero-order valence-corrected chi connectivity index (χ0v) is 6.97. The van der Waals surface area contributed by atoms with Gasteiger partial charge in [-0.25, -0.2) is 0 Å². The predicted molar refractivity (Wildman–Crippen MR) is 43.8 cm³/mol. The second-order valence-electron chi connectivity index (χ2n) is 4.22. The maximum Gasteiger partial charge on any atom is -0.0381 e. The van der Waals surface area contributed by atoms with Gasteiger partial charge in [-0.15, -0.1) is 0 Å². The van der Waals surface area contributed by atoms with Crippen LogP contribution in [0.3, 0.4) is 0 Å². The van der Waals surface area contributed by atoms with Gasteiger partial charge in [0.25, 0.3) is 0 Å². The van der Waals surface area contributed by atoms with Gasteiger partial charge >= 0.3 is 0 Å². The van der Waals surface area contributed by atoms with Crippen LogP contribution in [0, 0.1) is 17.8 Å². The van der Waals surface area contributed by atoms with Crippen LogP contribution >= 0.6 is 0 Å². The minimum absolute atomic E-state index is 1.13. The number of rotatable bonds is 2. The molecule has 2 bridgehead atoms. The molecule has 0 heteroatoms. The van der Waals surface area contributed by atoms with Gasteiger partial charge in [0.1, 0.15) is 0 Å². The Balaban J connectivity index is 1.84. The largest absolute Gasteiger partial charge is 0.0654 e. The van der Waals surface area contributed by atoms with Crippen molar-refractivity contribution in [2.24, 2.45) is 17.8 Å². The molecule has 0 amide bonds. The molecule has 3 saturated carbocycles. The third-order valence-corrected chi connectivity index (χ3v) is 3.54. The summed E-state index contributed by atoms with van der Waals surface area (Å²) < 4.78 is 0. The first-order chi connectivity index (χ1) is 4.90. The lowest BCUT2D eigenvalue weighted by molar-refractivity contribution is 0.0449. The lowest BCUT2D eigenvalue weighted by atomic mass is 9.59.